The first-order valence-electron chi connectivity index (χ1n) is 11.6. The number of piperidine rings is 2. The fraction of sp³-hybridized carbons (Fsp3) is 0.955. The first-order valence-corrected chi connectivity index (χ1v) is 11.6. The second-order valence-corrected chi connectivity index (χ2v) is 9.10. The van der Waals surface area contributed by atoms with Gasteiger partial charge in [0.1, 0.15) is 0 Å². The van der Waals surface area contributed by atoms with Crippen LogP contribution in [0.15, 0.2) is 4.99 Å². The van der Waals surface area contributed by atoms with Crippen LogP contribution in [0.25, 0.3) is 0 Å². The van der Waals surface area contributed by atoms with Gasteiger partial charge in [-0.05, 0) is 63.8 Å². The Kier molecular flexibility index (Phi) is 8.25. The van der Waals surface area contributed by atoms with Crippen LogP contribution < -0.4 is 5.32 Å². The van der Waals surface area contributed by atoms with Crippen molar-refractivity contribution in [1.29, 1.82) is 0 Å². The quantitative estimate of drug-likeness (QED) is 0.438. The normalized spacial score (nSPS) is 25.6. The first-order chi connectivity index (χ1) is 13.2. The van der Waals surface area contributed by atoms with Crippen LogP contribution in [0.2, 0.25) is 0 Å². The van der Waals surface area contributed by atoms with Crippen LogP contribution in [0.5, 0.6) is 0 Å². The topological polar surface area (TPSA) is 51.1 Å². The first kappa shape index (κ1) is 20.9. The molecule has 0 bridgehead atoms. The molecular formula is C22H42N4O. The van der Waals surface area contributed by atoms with E-state index in [0.29, 0.717) is 5.41 Å². The van der Waals surface area contributed by atoms with Crippen molar-refractivity contribution in [2.45, 2.75) is 83.7 Å². The lowest BCUT2D eigenvalue weighted by Gasteiger charge is -2.44. The molecule has 0 radical (unpaired) electrons. The van der Waals surface area contributed by atoms with Crippen molar-refractivity contribution in [3.8, 4) is 0 Å². The van der Waals surface area contributed by atoms with E-state index in [2.05, 4.69) is 22.0 Å². The molecule has 156 valence electrons. The van der Waals surface area contributed by atoms with E-state index in [1.54, 1.807) is 0 Å². The van der Waals surface area contributed by atoms with Gasteiger partial charge < -0.3 is 20.2 Å². The van der Waals surface area contributed by atoms with Crippen LogP contribution >= 0.6 is 0 Å². The Morgan fingerprint density at radius 2 is 1.74 bits per heavy atom. The maximum absolute atomic E-state index is 9.63. The molecule has 1 spiro atoms. The van der Waals surface area contributed by atoms with Gasteiger partial charge in [0, 0.05) is 39.3 Å². The molecule has 1 saturated carbocycles. The second-order valence-electron chi connectivity index (χ2n) is 9.10. The molecule has 0 aromatic heterocycles. The number of rotatable bonds is 5. The molecule has 2 heterocycles. The van der Waals surface area contributed by atoms with E-state index in [4.69, 9.17) is 4.99 Å². The molecular weight excluding hydrogens is 336 g/mol. The molecule has 5 heteroatoms. The summed E-state index contributed by atoms with van der Waals surface area (Å²) < 4.78 is 0. The third-order valence-electron chi connectivity index (χ3n) is 6.91. The van der Waals surface area contributed by atoms with E-state index >= 15 is 0 Å². The van der Waals surface area contributed by atoms with Gasteiger partial charge in [-0.15, -0.1) is 0 Å². The van der Waals surface area contributed by atoms with Crippen LogP contribution in [0.1, 0.15) is 77.6 Å². The van der Waals surface area contributed by atoms with Gasteiger partial charge in [0.05, 0.1) is 6.10 Å². The Morgan fingerprint density at radius 3 is 2.44 bits per heavy atom. The summed E-state index contributed by atoms with van der Waals surface area (Å²) >= 11 is 0. The SMILES string of the molecule is CCNC(=NCCCN1CCC(O)CC1)N1CCCC2(CCCCCC2)C1. The van der Waals surface area contributed by atoms with Crippen molar-refractivity contribution in [2.24, 2.45) is 10.4 Å². The molecule has 0 unspecified atom stereocenters. The molecule has 0 amide bonds. The fourth-order valence-electron chi connectivity index (χ4n) is 5.32. The third-order valence-corrected chi connectivity index (χ3v) is 6.91. The summed E-state index contributed by atoms with van der Waals surface area (Å²) in [7, 11) is 0. The van der Waals surface area contributed by atoms with E-state index in [1.165, 1.54) is 57.9 Å². The minimum Gasteiger partial charge on any atom is -0.393 e. The molecule has 0 atom stereocenters. The molecule has 3 fully saturated rings. The van der Waals surface area contributed by atoms with Gasteiger partial charge in [-0.2, -0.15) is 0 Å². The van der Waals surface area contributed by atoms with Crippen molar-refractivity contribution in [1.82, 2.24) is 15.1 Å². The van der Waals surface area contributed by atoms with E-state index < -0.39 is 0 Å². The fourth-order valence-corrected chi connectivity index (χ4v) is 5.32. The van der Waals surface area contributed by atoms with Gasteiger partial charge in [0.2, 0.25) is 0 Å². The van der Waals surface area contributed by atoms with Gasteiger partial charge in [0.15, 0.2) is 5.96 Å². The van der Waals surface area contributed by atoms with Gasteiger partial charge in [-0.3, -0.25) is 4.99 Å². The van der Waals surface area contributed by atoms with Crippen LogP contribution in [0, 0.1) is 5.41 Å². The maximum Gasteiger partial charge on any atom is 0.193 e. The number of aliphatic imine (C=N–C) groups is 1. The Balaban J connectivity index is 1.50. The molecule has 0 aromatic rings. The highest BCUT2D eigenvalue weighted by molar-refractivity contribution is 5.80. The van der Waals surface area contributed by atoms with Crippen molar-refractivity contribution in [3.63, 3.8) is 0 Å². The highest BCUT2D eigenvalue weighted by atomic mass is 16.3. The lowest BCUT2D eigenvalue weighted by atomic mass is 9.74. The van der Waals surface area contributed by atoms with Gasteiger partial charge >= 0.3 is 0 Å². The molecule has 5 nitrogen and oxygen atoms in total. The number of aliphatic hydroxyl groups excluding tert-OH is 1. The zero-order valence-corrected chi connectivity index (χ0v) is 17.6. The third kappa shape index (κ3) is 6.35. The number of aliphatic hydroxyl groups is 1. The van der Waals surface area contributed by atoms with E-state index in [-0.39, 0.29) is 6.10 Å². The summed E-state index contributed by atoms with van der Waals surface area (Å²) in [6.07, 6.45) is 14.2. The van der Waals surface area contributed by atoms with E-state index in [1.807, 2.05) is 0 Å². The molecule has 0 aromatic carbocycles. The average molecular weight is 379 g/mol. The lowest BCUT2D eigenvalue weighted by Crippen LogP contribution is -2.50. The van der Waals surface area contributed by atoms with E-state index in [9.17, 15) is 5.11 Å². The van der Waals surface area contributed by atoms with Crippen molar-refractivity contribution in [2.75, 3.05) is 45.8 Å². The maximum atomic E-state index is 9.63. The van der Waals surface area contributed by atoms with Gasteiger partial charge in [-0.1, -0.05) is 25.7 Å². The van der Waals surface area contributed by atoms with Crippen molar-refractivity contribution < 1.29 is 5.11 Å². The average Bonchev–Trinajstić information content (AvgIpc) is 2.91. The van der Waals surface area contributed by atoms with E-state index in [0.717, 1.165) is 64.5 Å². The molecule has 2 N–H and O–H groups in total. The Bertz CT molecular complexity index is 451. The summed E-state index contributed by atoms with van der Waals surface area (Å²) in [4.78, 5) is 10.0. The molecule has 1 aliphatic carbocycles. The van der Waals surface area contributed by atoms with Crippen LogP contribution in [0.4, 0.5) is 0 Å². The Hall–Kier alpha value is -0.810. The Labute approximate surface area is 166 Å². The summed E-state index contributed by atoms with van der Waals surface area (Å²) in [6.45, 7) is 9.61. The second kappa shape index (κ2) is 10.7. The molecule has 2 aliphatic heterocycles. The minimum absolute atomic E-state index is 0.0740. The predicted octanol–water partition coefficient (Wildman–Crippen LogP) is 3.24. The zero-order chi connectivity index (χ0) is 19.0. The Morgan fingerprint density at radius 1 is 1.04 bits per heavy atom. The largest absolute Gasteiger partial charge is 0.393 e. The number of hydrogen-bond donors (Lipinski definition) is 2. The van der Waals surface area contributed by atoms with Crippen molar-refractivity contribution >= 4 is 5.96 Å². The van der Waals surface area contributed by atoms with Crippen molar-refractivity contribution in [3.05, 3.63) is 0 Å². The summed E-state index contributed by atoms with van der Waals surface area (Å²) in [5.41, 5.74) is 0.555. The summed E-state index contributed by atoms with van der Waals surface area (Å²) in [6, 6.07) is 0. The highest BCUT2D eigenvalue weighted by Crippen LogP contribution is 2.42. The smallest absolute Gasteiger partial charge is 0.193 e. The number of nitrogens with zero attached hydrogens (tertiary/aromatic N) is 3. The van der Waals surface area contributed by atoms with Crippen LogP contribution in [0.3, 0.4) is 0 Å². The molecule has 3 aliphatic rings. The highest BCUT2D eigenvalue weighted by Gasteiger charge is 2.36. The molecule has 27 heavy (non-hydrogen) atoms. The summed E-state index contributed by atoms with van der Waals surface area (Å²) in [5, 5.41) is 13.2. The number of nitrogens with one attached hydrogen (secondary N) is 1. The molecule has 3 rings (SSSR count). The van der Waals surface area contributed by atoms with Crippen LogP contribution in [-0.4, -0.2) is 72.8 Å². The standard InChI is InChI=1S/C22H42N4O/c1-2-23-21(24-14-8-15-25-17-9-20(27)10-18-25)26-16-7-13-22(19-26)11-5-3-4-6-12-22/h20,27H,2-19H2,1H3,(H,23,24). The monoisotopic (exact) mass is 378 g/mol. The van der Waals surface area contributed by atoms with Crippen LogP contribution in [-0.2, 0) is 0 Å². The van der Waals surface area contributed by atoms with Gasteiger partial charge in [-0.25, -0.2) is 0 Å². The zero-order valence-electron chi connectivity index (χ0n) is 17.6. The number of hydrogen-bond acceptors (Lipinski definition) is 3. The minimum atomic E-state index is -0.0740. The predicted molar refractivity (Wildman–Crippen MR) is 113 cm³/mol. The summed E-state index contributed by atoms with van der Waals surface area (Å²) in [5.74, 6) is 1.15. The lowest BCUT2D eigenvalue weighted by molar-refractivity contribution is 0.0824. The molecule has 2 saturated heterocycles. The number of guanidine groups is 1. The number of likely N-dealkylation sites (tertiary alicyclic amines) is 2. The van der Waals surface area contributed by atoms with Gasteiger partial charge in [0.25, 0.3) is 0 Å².